The quantitative estimate of drug-likeness (QED) is 0.297. The van der Waals surface area contributed by atoms with E-state index in [1.165, 1.54) is 18.2 Å². The molecule has 0 radical (unpaired) electrons. The fourth-order valence-corrected chi connectivity index (χ4v) is 4.21. The highest BCUT2D eigenvalue weighted by Crippen LogP contribution is 2.34. The molecule has 0 bridgehead atoms. The predicted octanol–water partition coefficient (Wildman–Crippen LogP) is 6.68. The summed E-state index contributed by atoms with van der Waals surface area (Å²) in [7, 11) is 0. The SMILES string of the molecule is C.Fc1cccc(F)c1C1=NCc2cnc(Nc3nc4ccccc4[nH]3)nc2-c2ccc(Cl)cc21. The van der Waals surface area contributed by atoms with E-state index < -0.39 is 11.6 Å². The molecule has 5 aromatic rings. The Bertz CT molecular complexity index is 1560. The van der Waals surface area contributed by atoms with Gasteiger partial charge < -0.3 is 4.98 Å². The van der Waals surface area contributed by atoms with Crippen LogP contribution in [0, 0.1) is 11.6 Å². The number of benzene rings is 3. The molecular weight excluding hydrogens is 470 g/mol. The number of anilines is 2. The van der Waals surface area contributed by atoms with Crippen LogP contribution in [-0.2, 0) is 6.54 Å². The van der Waals surface area contributed by atoms with Crippen molar-refractivity contribution in [3.05, 3.63) is 100 Å². The van der Waals surface area contributed by atoms with Crippen LogP contribution >= 0.6 is 11.6 Å². The third-order valence-corrected chi connectivity index (χ3v) is 5.82. The zero-order valence-corrected chi connectivity index (χ0v) is 18.2. The lowest BCUT2D eigenvalue weighted by molar-refractivity contribution is 0.579. The summed E-state index contributed by atoms with van der Waals surface area (Å²) in [6.45, 7) is 0.148. The van der Waals surface area contributed by atoms with Gasteiger partial charge in [-0.1, -0.05) is 43.3 Å². The van der Waals surface area contributed by atoms with Crippen molar-refractivity contribution in [1.82, 2.24) is 19.9 Å². The molecule has 0 spiro atoms. The highest BCUT2D eigenvalue weighted by Gasteiger charge is 2.25. The van der Waals surface area contributed by atoms with Crippen molar-refractivity contribution < 1.29 is 8.78 Å². The average Bonchev–Trinajstić information content (AvgIpc) is 3.17. The Morgan fingerprint density at radius 2 is 1.71 bits per heavy atom. The topological polar surface area (TPSA) is 78.9 Å². The van der Waals surface area contributed by atoms with Gasteiger partial charge in [-0.05, 0) is 36.4 Å². The van der Waals surface area contributed by atoms with Crippen LogP contribution in [0.3, 0.4) is 0 Å². The second kappa shape index (κ2) is 8.88. The van der Waals surface area contributed by atoms with Crippen LogP contribution in [-0.4, -0.2) is 25.6 Å². The van der Waals surface area contributed by atoms with Crippen molar-refractivity contribution in [3.8, 4) is 11.3 Å². The summed E-state index contributed by atoms with van der Waals surface area (Å²) in [5.41, 5.74) is 4.11. The first-order valence-corrected chi connectivity index (χ1v) is 10.8. The van der Waals surface area contributed by atoms with Gasteiger partial charge in [-0.2, -0.15) is 0 Å². The number of hydrogen-bond donors (Lipinski definition) is 2. The zero-order chi connectivity index (χ0) is 23.2. The number of halogens is 3. The van der Waals surface area contributed by atoms with Crippen LogP contribution in [0.1, 0.15) is 24.1 Å². The van der Waals surface area contributed by atoms with Gasteiger partial charge >= 0.3 is 0 Å². The maximum atomic E-state index is 14.7. The Hall–Kier alpha value is -4.17. The molecule has 0 atom stereocenters. The van der Waals surface area contributed by atoms with Crippen LogP contribution in [0.5, 0.6) is 0 Å². The number of H-pyrrole nitrogens is 1. The Balaban J connectivity index is 0.00000253. The zero-order valence-electron chi connectivity index (χ0n) is 17.5. The number of para-hydroxylation sites is 2. The van der Waals surface area contributed by atoms with E-state index in [0.717, 1.165) is 11.0 Å². The molecule has 0 unspecified atom stereocenters. The number of fused-ring (bicyclic) bond motifs is 4. The van der Waals surface area contributed by atoms with Crippen molar-refractivity contribution in [2.75, 3.05) is 5.32 Å². The molecule has 2 N–H and O–H groups in total. The van der Waals surface area contributed by atoms with Crippen molar-refractivity contribution in [3.63, 3.8) is 0 Å². The van der Waals surface area contributed by atoms with Crippen LogP contribution in [0.25, 0.3) is 22.3 Å². The van der Waals surface area contributed by atoms with Crippen LogP contribution < -0.4 is 5.32 Å². The van der Waals surface area contributed by atoms with Crippen LogP contribution in [0.15, 0.2) is 71.9 Å². The predicted molar refractivity (Wildman–Crippen MR) is 134 cm³/mol. The minimum absolute atomic E-state index is 0. The van der Waals surface area contributed by atoms with Crippen molar-refractivity contribution in [2.45, 2.75) is 14.0 Å². The third-order valence-electron chi connectivity index (χ3n) is 5.58. The highest BCUT2D eigenvalue weighted by molar-refractivity contribution is 6.31. The number of aromatic amines is 1. The van der Waals surface area contributed by atoms with Crippen molar-refractivity contribution in [1.29, 1.82) is 0 Å². The smallest absolute Gasteiger partial charge is 0.230 e. The summed E-state index contributed by atoms with van der Waals surface area (Å²) < 4.78 is 29.4. The van der Waals surface area contributed by atoms with Gasteiger partial charge in [0.25, 0.3) is 0 Å². The molecule has 0 saturated carbocycles. The molecule has 3 heterocycles. The lowest BCUT2D eigenvalue weighted by atomic mass is 9.95. The molecule has 0 aliphatic carbocycles. The van der Waals surface area contributed by atoms with Crippen LogP contribution in [0.4, 0.5) is 20.7 Å². The van der Waals surface area contributed by atoms with E-state index in [9.17, 15) is 8.78 Å². The summed E-state index contributed by atoms with van der Waals surface area (Å²) in [6.07, 6.45) is 1.65. The summed E-state index contributed by atoms with van der Waals surface area (Å²) in [4.78, 5) is 21.3. The van der Waals surface area contributed by atoms with E-state index in [1.807, 2.05) is 24.3 Å². The highest BCUT2D eigenvalue weighted by atomic mass is 35.5. The third kappa shape index (κ3) is 4.02. The lowest BCUT2D eigenvalue weighted by Gasteiger charge is -2.13. The Morgan fingerprint density at radius 1 is 0.914 bits per heavy atom. The molecule has 1 aliphatic rings. The molecule has 6 rings (SSSR count). The normalized spacial score (nSPS) is 12.3. The van der Waals surface area contributed by atoms with Crippen LogP contribution in [0.2, 0.25) is 5.02 Å². The summed E-state index contributed by atoms with van der Waals surface area (Å²) in [6, 6.07) is 16.5. The molecule has 174 valence electrons. The number of aromatic nitrogens is 4. The molecular formula is C26H19ClF2N6. The number of rotatable bonds is 3. The second-order valence-electron chi connectivity index (χ2n) is 7.75. The average molecular weight is 489 g/mol. The Kier molecular flexibility index (Phi) is 5.74. The molecule has 1 aliphatic heterocycles. The standard InChI is InChI=1S/C25H15ClF2N6.CH4/c26-14-8-9-15-16(10-14)23(21-17(27)4-3-5-18(21)28)29-11-13-12-30-24(33-22(13)15)34-25-31-19-6-1-2-7-20(19)32-25;/h1-10,12H,11H2,(H2,30,31,32,33,34);1H4. The number of aliphatic imine (C=N–C) groups is 1. The van der Waals surface area contributed by atoms with Gasteiger partial charge in [0.2, 0.25) is 11.9 Å². The summed E-state index contributed by atoms with van der Waals surface area (Å²) >= 11 is 6.27. The van der Waals surface area contributed by atoms with E-state index in [-0.39, 0.29) is 25.2 Å². The fourth-order valence-electron chi connectivity index (χ4n) is 4.04. The molecule has 0 saturated heterocycles. The van der Waals surface area contributed by atoms with Gasteiger partial charge in [0, 0.05) is 27.9 Å². The molecule has 0 amide bonds. The Labute approximate surface area is 204 Å². The molecule has 9 heteroatoms. The summed E-state index contributed by atoms with van der Waals surface area (Å²) in [5.74, 6) is -0.585. The van der Waals surface area contributed by atoms with E-state index >= 15 is 0 Å². The fraction of sp³-hybridized carbons (Fsp3) is 0.0769. The lowest BCUT2D eigenvalue weighted by Crippen LogP contribution is -2.10. The first-order chi connectivity index (χ1) is 16.6. The number of nitrogens with zero attached hydrogens (tertiary/aromatic N) is 4. The monoisotopic (exact) mass is 488 g/mol. The molecule has 0 fully saturated rings. The summed E-state index contributed by atoms with van der Waals surface area (Å²) in [5, 5.41) is 3.51. The van der Waals surface area contributed by atoms with E-state index in [0.29, 0.717) is 39.3 Å². The van der Waals surface area contributed by atoms with E-state index in [1.54, 1.807) is 24.4 Å². The van der Waals surface area contributed by atoms with Gasteiger partial charge in [0.1, 0.15) is 11.6 Å². The van der Waals surface area contributed by atoms with E-state index in [4.69, 9.17) is 16.6 Å². The number of hydrogen-bond acceptors (Lipinski definition) is 5. The van der Waals surface area contributed by atoms with E-state index in [2.05, 4.69) is 25.3 Å². The minimum atomic E-state index is -0.700. The Morgan fingerprint density at radius 3 is 2.51 bits per heavy atom. The minimum Gasteiger partial charge on any atom is -0.324 e. The molecule has 3 aromatic carbocycles. The van der Waals surface area contributed by atoms with Gasteiger partial charge in [0.05, 0.1) is 34.5 Å². The number of imidazole rings is 1. The van der Waals surface area contributed by atoms with Gasteiger partial charge in [-0.15, -0.1) is 0 Å². The van der Waals surface area contributed by atoms with Crippen molar-refractivity contribution in [2.24, 2.45) is 4.99 Å². The first-order valence-electron chi connectivity index (χ1n) is 10.4. The van der Waals surface area contributed by atoms with Crippen molar-refractivity contribution >= 4 is 40.2 Å². The molecule has 35 heavy (non-hydrogen) atoms. The molecule has 6 nitrogen and oxygen atoms in total. The number of nitrogens with one attached hydrogen (secondary N) is 2. The second-order valence-corrected chi connectivity index (χ2v) is 8.18. The maximum absolute atomic E-state index is 14.7. The first kappa shape index (κ1) is 22.6. The largest absolute Gasteiger partial charge is 0.324 e. The molecule has 2 aromatic heterocycles. The maximum Gasteiger partial charge on any atom is 0.230 e. The van der Waals surface area contributed by atoms with Gasteiger partial charge in [-0.25, -0.2) is 23.7 Å². The van der Waals surface area contributed by atoms with Gasteiger partial charge in [0.15, 0.2) is 0 Å². The van der Waals surface area contributed by atoms with Gasteiger partial charge in [-0.3, -0.25) is 10.3 Å².